The molecule has 0 saturated heterocycles. The minimum atomic E-state index is -0.934. The van der Waals surface area contributed by atoms with E-state index < -0.39 is 12.1 Å². The molecule has 14 heavy (non-hydrogen) atoms. The highest BCUT2D eigenvalue weighted by Crippen LogP contribution is 2.35. The molecule has 1 N–H and O–H groups in total. The second-order valence-corrected chi connectivity index (χ2v) is 3.72. The first-order valence-electron chi connectivity index (χ1n) is 4.27. The molecule has 1 aliphatic heterocycles. The summed E-state index contributed by atoms with van der Waals surface area (Å²) in [6.45, 7) is 1.82. The van der Waals surface area contributed by atoms with Gasteiger partial charge in [-0.15, -0.1) is 0 Å². The maximum atomic E-state index is 10.7. The number of halogens is 1. The van der Waals surface area contributed by atoms with Crippen LogP contribution in [-0.2, 0) is 11.2 Å². The quantitative estimate of drug-likeness (QED) is 0.775. The predicted molar refractivity (Wildman–Crippen MR) is 51.9 cm³/mol. The minimum Gasteiger partial charge on any atom is -0.478 e. The lowest BCUT2D eigenvalue weighted by molar-refractivity contribution is -0.144. The van der Waals surface area contributed by atoms with E-state index >= 15 is 0 Å². The second kappa shape index (κ2) is 3.17. The zero-order valence-electron chi connectivity index (χ0n) is 7.58. The molecule has 1 aromatic carbocycles. The fourth-order valence-corrected chi connectivity index (χ4v) is 1.72. The molecule has 0 radical (unpaired) electrons. The maximum Gasteiger partial charge on any atom is 0.345 e. The van der Waals surface area contributed by atoms with Gasteiger partial charge < -0.3 is 9.84 Å². The van der Waals surface area contributed by atoms with Crippen molar-refractivity contribution in [3.8, 4) is 5.75 Å². The Morgan fingerprint density at radius 1 is 1.64 bits per heavy atom. The molecule has 1 unspecified atom stereocenters. The summed E-state index contributed by atoms with van der Waals surface area (Å²) in [6.07, 6.45) is -0.343. The third-order valence-electron chi connectivity index (χ3n) is 2.36. The summed E-state index contributed by atoms with van der Waals surface area (Å²) in [5, 5.41) is 9.39. The molecule has 0 saturated carbocycles. The van der Waals surface area contributed by atoms with Crippen LogP contribution in [0.3, 0.4) is 0 Å². The molecule has 1 aliphatic rings. The van der Waals surface area contributed by atoms with E-state index in [-0.39, 0.29) is 0 Å². The molecule has 0 amide bonds. The number of hydrogen-bond acceptors (Lipinski definition) is 2. The normalized spacial score (nSPS) is 18.9. The van der Waals surface area contributed by atoms with Gasteiger partial charge in [0.1, 0.15) is 5.75 Å². The average Bonchev–Trinajstić information content (AvgIpc) is 2.56. The summed E-state index contributed by atoms with van der Waals surface area (Å²) in [6, 6.07) is 3.58. The molecule has 3 nitrogen and oxygen atoms in total. The number of carboxylic acid groups (broad SMARTS) is 1. The van der Waals surface area contributed by atoms with E-state index in [4.69, 9.17) is 21.4 Å². The number of aliphatic carboxylic acids is 1. The Bertz CT molecular complexity index is 401. The summed E-state index contributed by atoms with van der Waals surface area (Å²) >= 11 is 5.89. The molecule has 0 spiro atoms. The highest BCUT2D eigenvalue weighted by Gasteiger charge is 2.30. The van der Waals surface area contributed by atoms with Crippen LogP contribution in [0.5, 0.6) is 5.75 Å². The van der Waals surface area contributed by atoms with Crippen molar-refractivity contribution in [3.05, 3.63) is 28.3 Å². The lowest BCUT2D eigenvalue weighted by Gasteiger charge is -2.07. The molecule has 0 aromatic heterocycles. The zero-order chi connectivity index (χ0) is 10.3. The number of fused-ring (bicyclic) bond motifs is 1. The summed E-state index contributed by atoms with van der Waals surface area (Å²) in [7, 11) is 0. The molecule has 1 atom stereocenters. The Balaban J connectivity index is 2.40. The molecule has 2 rings (SSSR count). The molecular weight excluding hydrogens is 204 g/mol. The Morgan fingerprint density at radius 3 is 3.00 bits per heavy atom. The third kappa shape index (κ3) is 1.34. The average molecular weight is 213 g/mol. The first-order valence-corrected chi connectivity index (χ1v) is 4.65. The van der Waals surface area contributed by atoms with Crippen molar-refractivity contribution in [1.29, 1.82) is 0 Å². The van der Waals surface area contributed by atoms with Crippen LogP contribution >= 0.6 is 11.6 Å². The second-order valence-electron chi connectivity index (χ2n) is 3.31. The smallest absolute Gasteiger partial charge is 0.345 e. The number of rotatable bonds is 1. The highest BCUT2D eigenvalue weighted by molar-refractivity contribution is 6.31. The Hall–Kier alpha value is -1.22. The van der Waals surface area contributed by atoms with Crippen LogP contribution in [-0.4, -0.2) is 17.2 Å². The third-order valence-corrected chi connectivity index (χ3v) is 2.77. The SMILES string of the molecule is Cc1c(Cl)ccc2c1OC(C(=O)O)C2. The van der Waals surface area contributed by atoms with E-state index in [0.717, 1.165) is 11.1 Å². The van der Waals surface area contributed by atoms with Crippen LogP contribution in [0.4, 0.5) is 0 Å². The first kappa shape index (κ1) is 9.34. The molecule has 1 heterocycles. The zero-order valence-corrected chi connectivity index (χ0v) is 8.34. The molecule has 0 bridgehead atoms. The fourth-order valence-electron chi connectivity index (χ4n) is 1.57. The first-order chi connectivity index (χ1) is 6.59. The van der Waals surface area contributed by atoms with Gasteiger partial charge in [0, 0.05) is 17.0 Å². The van der Waals surface area contributed by atoms with Crippen molar-refractivity contribution in [3.63, 3.8) is 0 Å². The van der Waals surface area contributed by atoms with Crippen molar-refractivity contribution in [2.75, 3.05) is 0 Å². The van der Waals surface area contributed by atoms with Crippen molar-refractivity contribution < 1.29 is 14.6 Å². The fraction of sp³-hybridized carbons (Fsp3) is 0.300. The van der Waals surface area contributed by atoms with E-state index in [1.165, 1.54) is 0 Å². The molecule has 0 fully saturated rings. The Morgan fingerprint density at radius 2 is 2.36 bits per heavy atom. The van der Waals surface area contributed by atoms with Gasteiger partial charge in [-0.1, -0.05) is 17.7 Å². The Kier molecular flexibility index (Phi) is 2.11. The highest BCUT2D eigenvalue weighted by atomic mass is 35.5. The predicted octanol–water partition coefficient (Wildman–Crippen LogP) is 2.04. The standard InChI is InChI=1S/C10H9ClO3/c1-5-7(11)3-2-6-4-8(10(12)13)14-9(5)6/h2-3,8H,4H2,1H3,(H,12,13). The number of carboxylic acids is 1. The van der Waals surface area contributed by atoms with Crippen molar-refractivity contribution in [2.45, 2.75) is 19.4 Å². The van der Waals surface area contributed by atoms with Gasteiger partial charge in [-0.2, -0.15) is 0 Å². The van der Waals surface area contributed by atoms with Crippen molar-refractivity contribution >= 4 is 17.6 Å². The van der Waals surface area contributed by atoms with Crippen molar-refractivity contribution in [2.24, 2.45) is 0 Å². The van der Waals surface area contributed by atoms with Crippen LogP contribution in [0.1, 0.15) is 11.1 Å². The van der Waals surface area contributed by atoms with Crippen LogP contribution in [0.15, 0.2) is 12.1 Å². The number of hydrogen-bond donors (Lipinski definition) is 1. The van der Waals surface area contributed by atoms with Crippen LogP contribution < -0.4 is 4.74 Å². The maximum absolute atomic E-state index is 10.7. The summed E-state index contributed by atoms with van der Waals surface area (Å²) in [4.78, 5) is 10.7. The summed E-state index contributed by atoms with van der Waals surface area (Å²) in [5.74, 6) is -0.304. The number of carbonyl (C=O) groups is 1. The van der Waals surface area contributed by atoms with Gasteiger partial charge in [0.05, 0.1) is 0 Å². The molecule has 4 heteroatoms. The van der Waals surface area contributed by atoms with Crippen LogP contribution in [0.25, 0.3) is 0 Å². The van der Waals surface area contributed by atoms with E-state index in [1.807, 2.05) is 13.0 Å². The minimum absolute atomic E-state index is 0.419. The van der Waals surface area contributed by atoms with E-state index in [2.05, 4.69) is 0 Å². The molecular formula is C10H9ClO3. The molecule has 0 aliphatic carbocycles. The van der Waals surface area contributed by atoms with Gasteiger partial charge in [-0.05, 0) is 18.6 Å². The lowest BCUT2D eigenvalue weighted by Crippen LogP contribution is -2.24. The molecule has 1 aromatic rings. The van der Waals surface area contributed by atoms with Gasteiger partial charge in [-0.3, -0.25) is 0 Å². The Labute approximate surface area is 86.3 Å². The largest absolute Gasteiger partial charge is 0.478 e. The van der Waals surface area contributed by atoms with E-state index in [0.29, 0.717) is 17.2 Å². The van der Waals surface area contributed by atoms with E-state index in [1.54, 1.807) is 6.07 Å². The van der Waals surface area contributed by atoms with Gasteiger partial charge >= 0.3 is 5.97 Å². The van der Waals surface area contributed by atoms with E-state index in [9.17, 15) is 4.79 Å². The number of benzene rings is 1. The van der Waals surface area contributed by atoms with Gasteiger partial charge in [0.2, 0.25) is 0 Å². The van der Waals surface area contributed by atoms with Gasteiger partial charge in [0.25, 0.3) is 0 Å². The lowest BCUT2D eigenvalue weighted by atomic mass is 10.1. The molecule has 74 valence electrons. The summed E-state index contributed by atoms with van der Waals surface area (Å²) < 4.78 is 5.30. The van der Waals surface area contributed by atoms with Gasteiger partial charge in [0.15, 0.2) is 6.10 Å². The van der Waals surface area contributed by atoms with Gasteiger partial charge in [-0.25, -0.2) is 4.79 Å². The summed E-state index contributed by atoms with van der Waals surface area (Å²) in [5.41, 5.74) is 1.73. The topological polar surface area (TPSA) is 46.5 Å². The monoisotopic (exact) mass is 212 g/mol. The van der Waals surface area contributed by atoms with Crippen LogP contribution in [0, 0.1) is 6.92 Å². The van der Waals surface area contributed by atoms with Crippen molar-refractivity contribution in [1.82, 2.24) is 0 Å². The van der Waals surface area contributed by atoms with Crippen LogP contribution in [0.2, 0.25) is 5.02 Å². The number of ether oxygens (including phenoxy) is 1.